The zero-order chi connectivity index (χ0) is 11.6. The molecule has 0 atom stereocenters. The van der Waals surface area contributed by atoms with Gasteiger partial charge in [0.25, 0.3) is 0 Å². The van der Waals surface area contributed by atoms with Crippen molar-refractivity contribution in [2.75, 3.05) is 26.3 Å². The summed E-state index contributed by atoms with van der Waals surface area (Å²) in [5.74, 6) is 0. The maximum Gasteiger partial charge on any atom is 0.390 e. The van der Waals surface area contributed by atoms with Gasteiger partial charge in [0, 0.05) is 19.8 Å². The van der Waals surface area contributed by atoms with Gasteiger partial charge in [-0.05, 0) is 19.4 Å². The molecule has 0 rings (SSSR count). The Morgan fingerprint density at radius 2 is 1.73 bits per heavy atom. The molecule has 0 aromatic carbocycles. The summed E-state index contributed by atoms with van der Waals surface area (Å²) < 4.78 is 40.4. The maximum atomic E-state index is 11.7. The van der Waals surface area contributed by atoms with Crippen LogP contribution in [-0.4, -0.2) is 32.5 Å². The molecule has 92 valence electrons. The lowest BCUT2D eigenvalue weighted by atomic mass is 10.3. The zero-order valence-corrected chi connectivity index (χ0v) is 9.20. The van der Waals surface area contributed by atoms with Gasteiger partial charge in [-0.2, -0.15) is 13.2 Å². The van der Waals surface area contributed by atoms with Crippen molar-refractivity contribution in [1.29, 1.82) is 0 Å². The molecule has 1 N–H and O–H groups in total. The van der Waals surface area contributed by atoms with Crippen LogP contribution in [0, 0.1) is 0 Å². The van der Waals surface area contributed by atoms with Crippen LogP contribution in [0.3, 0.4) is 0 Å². The molecule has 0 amide bonds. The van der Waals surface area contributed by atoms with Crippen LogP contribution in [0.2, 0.25) is 0 Å². The van der Waals surface area contributed by atoms with Crippen molar-refractivity contribution in [2.45, 2.75) is 38.8 Å². The molecular formula is C10H20F3NO. The van der Waals surface area contributed by atoms with Crippen molar-refractivity contribution in [3.8, 4) is 0 Å². The molecule has 0 saturated carbocycles. The van der Waals surface area contributed by atoms with E-state index in [0.717, 1.165) is 25.9 Å². The van der Waals surface area contributed by atoms with Gasteiger partial charge in [-0.15, -0.1) is 0 Å². The zero-order valence-electron chi connectivity index (χ0n) is 9.20. The number of hydrogen-bond donors (Lipinski definition) is 1. The lowest BCUT2D eigenvalue weighted by Gasteiger charge is -2.07. The summed E-state index contributed by atoms with van der Waals surface area (Å²) >= 11 is 0. The molecule has 0 unspecified atom stereocenters. The standard InChI is InChI=1S/C10H20F3NO/c1-2-3-8-15-9-4-6-14-7-5-10(11,12)13/h14H,2-9H2,1H3. The Morgan fingerprint density at radius 1 is 1.07 bits per heavy atom. The molecule has 0 aliphatic rings. The fourth-order valence-electron chi connectivity index (χ4n) is 1.00. The van der Waals surface area contributed by atoms with Crippen molar-refractivity contribution in [3.63, 3.8) is 0 Å². The smallest absolute Gasteiger partial charge is 0.381 e. The average Bonchev–Trinajstić information content (AvgIpc) is 2.14. The molecule has 0 saturated heterocycles. The lowest BCUT2D eigenvalue weighted by Crippen LogP contribution is -2.23. The minimum absolute atomic E-state index is 0.00153. The van der Waals surface area contributed by atoms with E-state index in [1.54, 1.807) is 0 Å². The van der Waals surface area contributed by atoms with E-state index in [0.29, 0.717) is 13.2 Å². The van der Waals surface area contributed by atoms with Crippen LogP contribution in [0.4, 0.5) is 13.2 Å². The number of hydrogen-bond acceptors (Lipinski definition) is 2. The molecule has 0 aromatic rings. The Balaban J connectivity index is 2.99. The summed E-state index contributed by atoms with van der Waals surface area (Å²) in [6.45, 7) is 4.04. The number of nitrogens with one attached hydrogen (secondary N) is 1. The van der Waals surface area contributed by atoms with Crippen LogP contribution in [0.25, 0.3) is 0 Å². The van der Waals surface area contributed by atoms with Crippen molar-refractivity contribution in [1.82, 2.24) is 5.32 Å². The number of ether oxygens (including phenoxy) is 1. The van der Waals surface area contributed by atoms with Crippen LogP contribution in [0.5, 0.6) is 0 Å². The van der Waals surface area contributed by atoms with Crippen molar-refractivity contribution >= 4 is 0 Å². The summed E-state index contributed by atoms with van der Waals surface area (Å²) in [4.78, 5) is 0. The highest BCUT2D eigenvalue weighted by molar-refractivity contribution is 4.54. The quantitative estimate of drug-likeness (QED) is 0.611. The van der Waals surface area contributed by atoms with E-state index in [4.69, 9.17) is 4.74 Å². The molecule has 15 heavy (non-hydrogen) atoms. The van der Waals surface area contributed by atoms with Gasteiger partial charge in [-0.3, -0.25) is 0 Å². The molecule has 0 heterocycles. The van der Waals surface area contributed by atoms with Gasteiger partial charge < -0.3 is 10.1 Å². The van der Waals surface area contributed by atoms with E-state index < -0.39 is 12.6 Å². The van der Waals surface area contributed by atoms with Crippen LogP contribution < -0.4 is 5.32 Å². The Labute approximate surface area is 89.2 Å². The topological polar surface area (TPSA) is 21.3 Å². The number of halogens is 3. The minimum Gasteiger partial charge on any atom is -0.381 e. The second-order valence-corrected chi connectivity index (χ2v) is 3.43. The Kier molecular flexibility index (Phi) is 8.80. The van der Waals surface area contributed by atoms with E-state index in [1.165, 1.54) is 0 Å². The molecule has 0 radical (unpaired) electrons. The second-order valence-electron chi connectivity index (χ2n) is 3.43. The fourth-order valence-corrected chi connectivity index (χ4v) is 1.00. The predicted octanol–water partition coefficient (Wildman–Crippen LogP) is 2.74. The first-order valence-electron chi connectivity index (χ1n) is 5.41. The fraction of sp³-hybridized carbons (Fsp3) is 1.00. The highest BCUT2D eigenvalue weighted by Crippen LogP contribution is 2.17. The Morgan fingerprint density at radius 3 is 2.33 bits per heavy atom. The number of rotatable bonds is 9. The van der Waals surface area contributed by atoms with E-state index in [2.05, 4.69) is 12.2 Å². The second kappa shape index (κ2) is 8.97. The average molecular weight is 227 g/mol. The van der Waals surface area contributed by atoms with Crippen LogP contribution in [0.1, 0.15) is 32.6 Å². The molecule has 0 aliphatic carbocycles. The van der Waals surface area contributed by atoms with Crippen LogP contribution in [-0.2, 0) is 4.74 Å². The maximum absolute atomic E-state index is 11.7. The normalized spacial score (nSPS) is 12.0. The van der Waals surface area contributed by atoms with Crippen molar-refractivity contribution < 1.29 is 17.9 Å². The predicted molar refractivity (Wildman–Crippen MR) is 53.9 cm³/mol. The molecule has 5 heteroatoms. The number of alkyl halides is 3. The third-order valence-electron chi connectivity index (χ3n) is 1.87. The van der Waals surface area contributed by atoms with Gasteiger partial charge in [-0.25, -0.2) is 0 Å². The lowest BCUT2D eigenvalue weighted by molar-refractivity contribution is -0.133. The van der Waals surface area contributed by atoms with Crippen molar-refractivity contribution in [3.05, 3.63) is 0 Å². The number of unbranched alkanes of at least 4 members (excludes halogenated alkanes) is 1. The highest BCUT2D eigenvalue weighted by Gasteiger charge is 2.25. The van der Waals surface area contributed by atoms with Gasteiger partial charge in [-0.1, -0.05) is 13.3 Å². The molecule has 0 aliphatic heterocycles. The molecule has 0 fully saturated rings. The minimum atomic E-state index is -4.05. The Hall–Kier alpha value is -0.290. The van der Waals surface area contributed by atoms with Gasteiger partial charge in [0.05, 0.1) is 6.42 Å². The largest absolute Gasteiger partial charge is 0.390 e. The van der Waals surface area contributed by atoms with Gasteiger partial charge >= 0.3 is 6.18 Å². The third kappa shape index (κ3) is 13.7. The monoisotopic (exact) mass is 227 g/mol. The first-order valence-corrected chi connectivity index (χ1v) is 5.41. The van der Waals surface area contributed by atoms with Gasteiger partial charge in [0.15, 0.2) is 0 Å². The van der Waals surface area contributed by atoms with Crippen LogP contribution in [0.15, 0.2) is 0 Å². The highest BCUT2D eigenvalue weighted by atomic mass is 19.4. The van der Waals surface area contributed by atoms with Gasteiger partial charge in [0.2, 0.25) is 0 Å². The third-order valence-corrected chi connectivity index (χ3v) is 1.87. The molecular weight excluding hydrogens is 207 g/mol. The Bertz CT molecular complexity index is 139. The summed E-state index contributed by atoms with van der Waals surface area (Å²) in [6, 6.07) is 0. The summed E-state index contributed by atoms with van der Waals surface area (Å²) in [5.41, 5.74) is 0. The van der Waals surface area contributed by atoms with Crippen molar-refractivity contribution in [2.24, 2.45) is 0 Å². The molecule has 0 aromatic heterocycles. The first kappa shape index (κ1) is 14.7. The summed E-state index contributed by atoms with van der Waals surface area (Å²) in [7, 11) is 0. The summed E-state index contributed by atoms with van der Waals surface area (Å²) in [6.07, 6.45) is -1.90. The van der Waals surface area contributed by atoms with Crippen LogP contribution >= 0.6 is 0 Å². The van der Waals surface area contributed by atoms with E-state index in [1.807, 2.05) is 0 Å². The summed E-state index contributed by atoms with van der Waals surface area (Å²) in [5, 5.41) is 2.73. The van der Waals surface area contributed by atoms with E-state index >= 15 is 0 Å². The van der Waals surface area contributed by atoms with Gasteiger partial charge in [0.1, 0.15) is 0 Å². The molecule has 0 spiro atoms. The van der Waals surface area contributed by atoms with E-state index in [-0.39, 0.29) is 6.54 Å². The first-order chi connectivity index (χ1) is 7.06. The molecule has 2 nitrogen and oxygen atoms in total. The molecule has 0 bridgehead atoms. The van der Waals surface area contributed by atoms with E-state index in [9.17, 15) is 13.2 Å². The SMILES string of the molecule is CCCCOCCCNCCC(F)(F)F.